The van der Waals surface area contributed by atoms with Crippen molar-refractivity contribution in [1.82, 2.24) is 10.2 Å². The Morgan fingerprint density at radius 3 is 2.18 bits per heavy atom. The van der Waals surface area contributed by atoms with Gasteiger partial charge in [0.1, 0.15) is 0 Å². The number of hydrogen-bond acceptors (Lipinski definition) is 4. The summed E-state index contributed by atoms with van der Waals surface area (Å²) in [7, 11) is 0. The average Bonchev–Trinajstić information content (AvgIpc) is 3.06. The molecule has 2 aromatic carbocycles. The fourth-order valence-corrected chi connectivity index (χ4v) is 5.15. The quantitative estimate of drug-likeness (QED) is 0.406. The summed E-state index contributed by atoms with van der Waals surface area (Å²) < 4.78 is 4.98. The van der Waals surface area contributed by atoms with Crippen LogP contribution in [0, 0.1) is 0 Å². The second-order valence-electron chi connectivity index (χ2n) is 8.29. The van der Waals surface area contributed by atoms with E-state index in [1.807, 2.05) is 24.3 Å². The number of hydrogen-bond donors (Lipinski definition) is 3. The van der Waals surface area contributed by atoms with Gasteiger partial charge in [0, 0.05) is 34.5 Å². The highest BCUT2D eigenvalue weighted by Crippen LogP contribution is 2.36. The molecule has 2 heterocycles. The van der Waals surface area contributed by atoms with Gasteiger partial charge < -0.3 is 25.6 Å². The Hall–Kier alpha value is -2.84. The number of fused-ring (bicyclic) bond motifs is 2. The lowest BCUT2D eigenvalue weighted by molar-refractivity contribution is 0.0526. The Morgan fingerprint density at radius 1 is 1.00 bits per heavy atom. The Bertz CT molecular complexity index is 1000. The topological polar surface area (TPSA) is 82.7 Å². The molecule has 4 rings (SSSR count). The number of amides is 2. The molecule has 2 atom stereocenters. The minimum absolute atomic E-state index is 0.0795. The standard InChI is InChI=1S/C24H27ClN4O3S/c1-2-32-22(30)15-3-7-17(8-4-15)26-23(31)27-19-13-20-11-12-21(14-19)29(20)24(33)28-18-9-5-16(25)6-10-18/h3-10,19-21H,2,11-14H2,1H3,(H,28,33)(H2,26,27,31). The van der Waals surface area contributed by atoms with E-state index in [-0.39, 0.29) is 18.0 Å². The van der Waals surface area contributed by atoms with Gasteiger partial charge in [-0.3, -0.25) is 0 Å². The van der Waals surface area contributed by atoms with Crippen molar-refractivity contribution >= 4 is 52.3 Å². The van der Waals surface area contributed by atoms with Crippen LogP contribution in [0.5, 0.6) is 0 Å². The number of nitrogens with one attached hydrogen (secondary N) is 3. The van der Waals surface area contributed by atoms with E-state index in [4.69, 9.17) is 28.6 Å². The fourth-order valence-electron chi connectivity index (χ4n) is 4.60. The summed E-state index contributed by atoms with van der Waals surface area (Å²) in [6, 6.07) is 14.6. The summed E-state index contributed by atoms with van der Waals surface area (Å²) in [6.07, 6.45) is 3.80. The number of rotatable bonds is 5. The molecule has 0 aromatic heterocycles. The van der Waals surface area contributed by atoms with Crippen LogP contribution in [-0.4, -0.2) is 46.7 Å². The highest BCUT2D eigenvalue weighted by molar-refractivity contribution is 7.80. The molecule has 2 aliphatic heterocycles. The first kappa shape index (κ1) is 23.3. The number of carbonyl (C=O) groups is 2. The third kappa shape index (κ3) is 5.75. The lowest BCUT2D eigenvalue weighted by atomic mass is 9.98. The van der Waals surface area contributed by atoms with E-state index < -0.39 is 0 Å². The van der Waals surface area contributed by atoms with Gasteiger partial charge in [-0.1, -0.05) is 11.6 Å². The largest absolute Gasteiger partial charge is 0.462 e. The maximum atomic E-state index is 12.5. The van der Waals surface area contributed by atoms with Crippen LogP contribution < -0.4 is 16.0 Å². The number of ether oxygens (including phenoxy) is 1. The van der Waals surface area contributed by atoms with Crippen LogP contribution in [0.2, 0.25) is 5.02 Å². The molecule has 2 bridgehead atoms. The molecule has 0 spiro atoms. The van der Waals surface area contributed by atoms with Gasteiger partial charge in [0.15, 0.2) is 5.11 Å². The highest BCUT2D eigenvalue weighted by Gasteiger charge is 2.42. The molecule has 2 aliphatic rings. The molecule has 9 heteroatoms. The zero-order chi connectivity index (χ0) is 23.4. The molecule has 0 saturated carbocycles. The number of piperidine rings is 1. The van der Waals surface area contributed by atoms with Crippen molar-refractivity contribution in [2.75, 3.05) is 17.2 Å². The molecule has 2 amide bonds. The Labute approximate surface area is 203 Å². The van der Waals surface area contributed by atoms with Gasteiger partial charge in [-0.25, -0.2) is 9.59 Å². The summed E-state index contributed by atoms with van der Waals surface area (Å²) in [4.78, 5) is 26.6. The number of benzene rings is 2. The number of carbonyl (C=O) groups excluding carboxylic acids is 2. The van der Waals surface area contributed by atoms with Crippen molar-refractivity contribution in [2.45, 2.75) is 50.7 Å². The molecule has 0 aliphatic carbocycles. The second-order valence-corrected chi connectivity index (χ2v) is 9.12. The van der Waals surface area contributed by atoms with E-state index in [1.165, 1.54) is 0 Å². The molecule has 3 N–H and O–H groups in total. The second kappa shape index (κ2) is 10.4. The number of halogens is 1. The molecule has 2 fully saturated rings. The van der Waals surface area contributed by atoms with E-state index in [0.717, 1.165) is 36.5 Å². The predicted octanol–water partition coefficient (Wildman–Crippen LogP) is 5.03. The van der Waals surface area contributed by atoms with Crippen molar-refractivity contribution in [3.63, 3.8) is 0 Å². The van der Waals surface area contributed by atoms with Crippen LogP contribution >= 0.6 is 23.8 Å². The molecule has 2 unspecified atom stereocenters. The molecular weight excluding hydrogens is 460 g/mol. The summed E-state index contributed by atoms with van der Waals surface area (Å²) in [5, 5.41) is 10.7. The van der Waals surface area contributed by atoms with Crippen LogP contribution in [0.25, 0.3) is 0 Å². The zero-order valence-electron chi connectivity index (χ0n) is 18.3. The van der Waals surface area contributed by atoms with Gasteiger partial charge in [0.05, 0.1) is 12.2 Å². The summed E-state index contributed by atoms with van der Waals surface area (Å²) >= 11 is 11.7. The van der Waals surface area contributed by atoms with Crippen LogP contribution in [-0.2, 0) is 4.74 Å². The first-order chi connectivity index (χ1) is 15.9. The zero-order valence-corrected chi connectivity index (χ0v) is 19.9. The Kier molecular flexibility index (Phi) is 7.35. The summed E-state index contributed by atoms with van der Waals surface area (Å²) in [5.74, 6) is -0.376. The average molecular weight is 487 g/mol. The van der Waals surface area contributed by atoms with Crippen molar-refractivity contribution < 1.29 is 14.3 Å². The maximum Gasteiger partial charge on any atom is 0.338 e. The van der Waals surface area contributed by atoms with E-state index in [2.05, 4.69) is 20.9 Å². The van der Waals surface area contributed by atoms with E-state index >= 15 is 0 Å². The lowest BCUT2D eigenvalue weighted by Gasteiger charge is -2.40. The van der Waals surface area contributed by atoms with Gasteiger partial charge in [-0.05, 0) is 93.4 Å². The van der Waals surface area contributed by atoms with Crippen LogP contribution in [0.15, 0.2) is 48.5 Å². The lowest BCUT2D eigenvalue weighted by Crippen LogP contribution is -2.54. The number of nitrogens with zero attached hydrogens (tertiary/aromatic N) is 1. The number of anilines is 2. The number of esters is 1. The Morgan fingerprint density at radius 2 is 1.58 bits per heavy atom. The molecular formula is C24H27ClN4O3S. The van der Waals surface area contributed by atoms with Crippen molar-refractivity contribution in [3.05, 3.63) is 59.1 Å². The monoisotopic (exact) mass is 486 g/mol. The first-order valence-corrected chi connectivity index (χ1v) is 11.9. The minimum Gasteiger partial charge on any atom is -0.462 e. The minimum atomic E-state index is -0.376. The molecule has 33 heavy (non-hydrogen) atoms. The predicted molar refractivity (Wildman–Crippen MR) is 134 cm³/mol. The third-order valence-corrected chi connectivity index (χ3v) is 6.62. The van der Waals surface area contributed by atoms with Gasteiger partial charge >= 0.3 is 12.0 Å². The van der Waals surface area contributed by atoms with Gasteiger partial charge in [0.25, 0.3) is 0 Å². The van der Waals surface area contributed by atoms with Gasteiger partial charge in [-0.2, -0.15) is 0 Å². The van der Waals surface area contributed by atoms with Gasteiger partial charge in [0.2, 0.25) is 0 Å². The van der Waals surface area contributed by atoms with Crippen LogP contribution in [0.3, 0.4) is 0 Å². The number of thiocarbonyl (C=S) groups is 1. The van der Waals surface area contributed by atoms with Crippen molar-refractivity contribution in [1.29, 1.82) is 0 Å². The first-order valence-electron chi connectivity index (χ1n) is 11.1. The van der Waals surface area contributed by atoms with E-state index in [0.29, 0.717) is 35.0 Å². The fraction of sp³-hybridized carbons (Fsp3) is 0.375. The van der Waals surface area contributed by atoms with Crippen molar-refractivity contribution in [3.8, 4) is 0 Å². The van der Waals surface area contributed by atoms with Crippen LogP contribution in [0.1, 0.15) is 43.0 Å². The molecule has 2 saturated heterocycles. The SMILES string of the molecule is CCOC(=O)c1ccc(NC(=O)NC2CC3CCC(C2)N3C(=S)Nc2ccc(Cl)cc2)cc1. The third-order valence-electron chi connectivity index (χ3n) is 6.05. The Balaban J connectivity index is 1.29. The maximum absolute atomic E-state index is 12.5. The van der Waals surface area contributed by atoms with Crippen molar-refractivity contribution in [2.24, 2.45) is 0 Å². The molecule has 174 valence electrons. The highest BCUT2D eigenvalue weighted by atomic mass is 35.5. The van der Waals surface area contributed by atoms with E-state index in [1.54, 1.807) is 31.2 Å². The normalized spacial score (nSPS) is 21.3. The summed E-state index contributed by atoms with van der Waals surface area (Å²) in [6.45, 7) is 2.09. The smallest absolute Gasteiger partial charge is 0.338 e. The molecule has 7 nitrogen and oxygen atoms in total. The molecule has 0 radical (unpaired) electrons. The molecule has 2 aromatic rings. The van der Waals surface area contributed by atoms with E-state index in [9.17, 15) is 9.59 Å². The van der Waals surface area contributed by atoms with Crippen LogP contribution in [0.4, 0.5) is 16.2 Å². The summed E-state index contributed by atoms with van der Waals surface area (Å²) in [5.41, 5.74) is 1.99. The van der Waals surface area contributed by atoms with Gasteiger partial charge in [-0.15, -0.1) is 0 Å². The number of urea groups is 1.